The van der Waals surface area contributed by atoms with Crippen LogP contribution in [-0.2, 0) is 19.6 Å². The van der Waals surface area contributed by atoms with Gasteiger partial charge in [-0.3, -0.25) is 4.79 Å². The Balaban J connectivity index is 2.17. The van der Waals surface area contributed by atoms with Crippen molar-refractivity contribution in [2.24, 2.45) is 5.14 Å². The first-order chi connectivity index (χ1) is 13.0. The molecule has 2 aromatic rings. The van der Waals surface area contributed by atoms with Crippen LogP contribution in [0.15, 0.2) is 41.3 Å². The van der Waals surface area contributed by atoms with Crippen LogP contribution in [0.5, 0.6) is 5.75 Å². The van der Waals surface area contributed by atoms with Crippen LogP contribution >= 0.6 is 0 Å². The van der Waals surface area contributed by atoms with Crippen LogP contribution in [0, 0.1) is 12.7 Å². The van der Waals surface area contributed by atoms with Gasteiger partial charge in [-0.15, -0.1) is 0 Å². The van der Waals surface area contributed by atoms with Crippen LogP contribution in [-0.4, -0.2) is 33.5 Å². The summed E-state index contributed by atoms with van der Waals surface area (Å²) in [6, 6.07) is 7.55. The molecule has 0 spiro atoms. The van der Waals surface area contributed by atoms with E-state index >= 15 is 0 Å². The van der Waals surface area contributed by atoms with E-state index < -0.39 is 33.8 Å². The maximum absolute atomic E-state index is 13.6. The SMILES string of the molecule is COc1ccc(S(N)(=O)=O)cc1C(=O)O[C@H](C)C(=O)Nc1ccc(C)c(F)c1. The zero-order chi connectivity index (χ0) is 21.1. The molecule has 0 heterocycles. The number of primary sulfonamides is 1. The van der Waals surface area contributed by atoms with Crippen molar-refractivity contribution in [1.82, 2.24) is 0 Å². The van der Waals surface area contributed by atoms with Gasteiger partial charge >= 0.3 is 5.97 Å². The van der Waals surface area contributed by atoms with Crippen molar-refractivity contribution in [2.75, 3.05) is 12.4 Å². The molecule has 0 aliphatic carbocycles. The van der Waals surface area contributed by atoms with Crippen molar-refractivity contribution in [2.45, 2.75) is 24.8 Å². The summed E-state index contributed by atoms with van der Waals surface area (Å²) in [5, 5.41) is 7.49. The molecule has 0 saturated carbocycles. The summed E-state index contributed by atoms with van der Waals surface area (Å²) < 4.78 is 46.6. The zero-order valence-electron chi connectivity index (χ0n) is 15.4. The number of amides is 1. The van der Waals surface area contributed by atoms with Crippen molar-refractivity contribution < 1.29 is 31.9 Å². The smallest absolute Gasteiger partial charge is 0.342 e. The number of nitrogens with one attached hydrogen (secondary N) is 1. The number of ether oxygens (including phenoxy) is 2. The number of anilines is 1. The number of sulfonamides is 1. The number of hydrogen-bond donors (Lipinski definition) is 2. The van der Waals surface area contributed by atoms with Crippen molar-refractivity contribution in [1.29, 1.82) is 0 Å². The third kappa shape index (κ3) is 5.05. The monoisotopic (exact) mass is 410 g/mol. The number of methoxy groups -OCH3 is 1. The van der Waals surface area contributed by atoms with Crippen molar-refractivity contribution >= 4 is 27.6 Å². The van der Waals surface area contributed by atoms with Crippen LogP contribution in [0.1, 0.15) is 22.8 Å². The molecule has 10 heteroatoms. The van der Waals surface area contributed by atoms with Gasteiger partial charge in [-0.1, -0.05) is 6.07 Å². The van der Waals surface area contributed by atoms with E-state index in [2.05, 4.69) is 5.32 Å². The van der Waals surface area contributed by atoms with E-state index in [4.69, 9.17) is 14.6 Å². The molecule has 0 aliphatic heterocycles. The van der Waals surface area contributed by atoms with Gasteiger partial charge in [0, 0.05) is 5.69 Å². The molecule has 28 heavy (non-hydrogen) atoms. The van der Waals surface area contributed by atoms with Gasteiger partial charge in [0.1, 0.15) is 17.1 Å². The molecule has 8 nitrogen and oxygen atoms in total. The second-order valence-electron chi connectivity index (χ2n) is 5.91. The van der Waals surface area contributed by atoms with Gasteiger partial charge in [-0.25, -0.2) is 22.7 Å². The van der Waals surface area contributed by atoms with E-state index in [0.29, 0.717) is 5.56 Å². The first-order valence-electron chi connectivity index (χ1n) is 8.01. The number of benzene rings is 2. The zero-order valence-corrected chi connectivity index (χ0v) is 16.2. The largest absolute Gasteiger partial charge is 0.496 e. The Hall–Kier alpha value is -2.98. The van der Waals surface area contributed by atoms with Crippen LogP contribution in [0.25, 0.3) is 0 Å². The molecule has 0 unspecified atom stereocenters. The van der Waals surface area contributed by atoms with E-state index in [9.17, 15) is 22.4 Å². The highest BCUT2D eigenvalue weighted by atomic mass is 32.2. The Bertz CT molecular complexity index is 1020. The maximum Gasteiger partial charge on any atom is 0.342 e. The van der Waals surface area contributed by atoms with Gasteiger partial charge in [0.05, 0.1) is 12.0 Å². The average molecular weight is 410 g/mol. The third-order valence-electron chi connectivity index (χ3n) is 3.81. The minimum Gasteiger partial charge on any atom is -0.496 e. The Morgan fingerprint density at radius 3 is 2.43 bits per heavy atom. The first kappa shape index (κ1) is 21.3. The van der Waals surface area contributed by atoms with Crippen LogP contribution < -0.4 is 15.2 Å². The molecule has 0 fully saturated rings. The normalized spacial score (nSPS) is 12.2. The molecule has 0 aliphatic rings. The summed E-state index contributed by atoms with van der Waals surface area (Å²) in [5.74, 6) is -2.13. The summed E-state index contributed by atoms with van der Waals surface area (Å²) >= 11 is 0. The molecule has 0 bridgehead atoms. The summed E-state index contributed by atoms with van der Waals surface area (Å²) in [6.45, 7) is 2.89. The van der Waals surface area contributed by atoms with Crippen LogP contribution in [0.2, 0.25) is 0 Å². The number of carbonyl (C=O) groups is 2. The highest BCUT2D eigenvalue weighted by molar-refractivity contribution is 7.89. The van der Waals surface area contributed by atoms with Gasteiger partial charge in [-0.2, -0.15) is 0 Å². The second kappa shape index (κ2) is 8.36. The summed E-state index contributed by atoms with van der Waals surface area (Å²) in [4.78, 5) is 24.3. The summed E-state index contributed by atoms with van der Waals surface area (Å²) in [5.41, 5.74) is 0.402. The number of hydrogen-bond acceptors (Lipinski definition) is 6. The molecule has 150 valence electrons. The number of rotatable bonds is 6. The van der Waals surface area contributed by atoms with Gasteiger partial charge in [0.2, 0.25) is 10.0 Å². The molecule has 0 saturated heterocycles. The van der Waals surface area contributed by atoms with Crippen LogP contribution in [0.3, 0.4) is 0 Å². The third-order valence-corrected chi connectivity index (χ3v) is 4.72. The molecule has 1 amide bonds. The number of halogens is 1. The Labute approximate surface area is 161 Å². The minimum absolute atomic E-state index is 0.0469. The maximum atomic E-state index is 13.6. The van der Waals surface area contributed by atoms with E-state index in [-0.39, 0.29) is 21.9 Å². The minimum atomic E-state index is -4.06. The predicted molar refractivity (Wildman–Crippen MR) is 99.0 cm³/mol. The number of carbonyl (C=O) groups excluding carboxylic acids is 2. The van der Waals surface area contributed by atoms with Gasteiger partial charge in [-0.05, 0) is 49.7 Å². The van der Waals surface area contributed by atoms with Gasteiger partial charge in [0.25, 0.3) is 5.91 Å². The van der Waals surface area contributed by atoms with E-state index in [0.717, 1.165) is 12.1 Å². The molecule has 3 N–H and O–H groups in total. The lowest BCUT2D eigenvalue weighted by Crippen LogP contribution is -2.30. The highest BCUT2D eigenvalue weighted by Crippen LogP contribution is 2.23. The van der Waals surface area contributed by atoms with Gasteiger partial charge < -0.3 is 14.8 Å². The fourth-order valence-electron chi connectivity index (χ4n) is 2.22. The fraction of sp³-hybridized carbons (Fsp3) is 0.222. The van der Waals surface area contributed by atoms with Gasteiger partial charge in [0.15, 0.2) is 6.10 Å². The Morgan fingerprint density at radius 1 is 1.18 bits per heavy atom. The van der Waals surface area contributed by atoms with Crippen molar-refractivity contribution in [3.05, 3.63) is 53.3 Å². The van der Waals surface area contributed by atoms with E-state index in [1.807, 2.05) is 0 Å². The van der Waals surface area contributed by atoms with Crippen molar-refractivity contribution in [3.63, 3.8) is 0 Å². The molecule has 0 radical (unpaired) electrons. The first-order valence-corrected chi connectivity index (χ1v) is 9.56. The number of nitrogens with two attached hydrogens (primary N) is 1. The summed E-state index contributed by atoms with van der Waals surface area (Å²) in [6.07, 6.45) is -1.25. The lowest BCUT2D eigenvalue weighted by Gasteiger charge is -2.15. The second-order valence-corrected chi connectivity index (χ2v) is 7.47. The lowest BCUT2D eigenvalue weighted by atomic mass is 10.2. The lowest BCUT2D eigenvalue weighted by molar-refractivity contribution is -0.123. The predicted octanol–water partition coefficient (Wildman–Crippen LogP) is 1.97. The summed E-state index contributed by atoms with van der Waals surface area (Å²) in [7, 11) is -2.77. The topological polar surface area (TPSA) is 125 Å². The standard InChI is InChI=1S/C18H19FN2O6S/c1-10-4-5-12(8-15(10)19)21-17(22)11(2)27-18(23)14-9-13(28(20,24)25)6-7-16(14)26-3/h4-9,11H,1-3H3,(H,21,22)(H2,20,24,25)/t11-/m1/s1. The van der Waals surface area contributed by atoms with Crippen LogP contribution in [0.4, 0.5) is 10.1 Å². The highest BCUT2D eigenvalue weighted by Gasteiger charge is 2.23. The molecular formula is C18H19FN2O6S. The molecule has 2 aromatic carbocycles. The molecular weight excluding hydrogens is 391 g/mol. The average Bonchev–Trinajstić information content (AvgIpc) is 2.63. The molecule has 0 aromatic heterocycles. The Kier molecular flexibility index (Phi) is 6.37. The number of aryl methyl sites for hydroxylation is 1. The quantitative estimate of drug-likeness (QED) is 0.702. The van der Waals surface area contributed by atoms with E-state index in [1.165, 1.54) is 38.3 Å². The van der Waals surface area contributed by atoms with E-state index in [1.54, 1.807) is 6.92 Å². The number of esters is 1. The Morgan fingerprint density at radius 2 is 1.86 bits per heavy atom. The van der Waals surface area contributed by atoms with Crippen molar-refractivity contribution in [3.8, 4) is 5.75 Å². The fourth-order valence-corrected chi connectivity index (χ4v) is 2.76. The molecule has 2 rings (SSSR count). The molecule has 1 atom stereocenters.